The number of carbonyl (C=O) groups is 3. The summed E-state index contributed by atoms with van der Waals surface area (Å²) >= 11 is 0. The van der Waals surface area contributed by atoms with Gasteiger partial charge in [0.05, 0.1) is 12.6 Å². The second-order valence-electron chi connectivity index (χ2n) is 8.60. The first-order chi connectivity index (χ1) is 12.6. The van der Waals surface area contributed by atoms with Gasteiger partial charge >= 0.3 is 11.9 Å². The van der Waals surface area contributed by atoms with Crippen molar-refractivity contribution in [1.29, 1.82) is 0 Å². The molecule has 27 heavy (non-hydrogen) atoms. The molecular formula is C20H34N2O5. The van der Waals surface area contributed by atoms with Crippen LogP contribution in [0.4, 0.5) is 0 Å². The van der Waals surface area contributed by atoms with Gasteiger partial charge in [0.1, 0.15) is 17.2 Å². The minimum Gasteiger partial charge on any atom is -0.465 e. The van der Waals surface area contributed by atoms with Crippen LogP contribution in [0.15, 0.2) is 0 Å². The summed E-state index contributed by atoms with van der Waals surface area (Å²) in [6.45, 7) is 9.84. The number of hydrogen-bond acceptors (Lipinski definition) is 6. The van der Waals surface area contributed by atoms with E-state index in [1.54, 1.807) is 18.7 Å². The lowest BCUT2D eigenvalue weighted by Gasteiger charge is -2.34. The molecule has 7 nitrogen and oxygen atoms in total. The number of hydrogen-bond donors (Lipinski definition) is 1. The quantitative estimate of drug-likeness (QED) is 0.709. The van der Waals surface area contributed by atoms with Crippen LogP contribution in [-0.4, -0.2) is 59.1 Å². The monoisotopic (exact) mass is 382 g/mol. The van der Waals surface area contributed by atoms with Crippen LogP contribution < -0.4 is 5.32 Å². The summed E-state index contributed by atoms with van der Waals surface area (Å²) in [5.41, 5.74) is -1.39. The Bertz CT molecular complexity index is 563. The van der Waals surface area contributed by atoms with E-state index < -0.39 is 23.2 Å². The van der Waals surface area contributed by atoms with Crippen molar-refractivity contribution in [2.75, 3.05) is 13.2 Å². The van der Waals surface area contributed by atoms with Gasteiger partial charge in [-0.05, 0) is 60.3 Å². The number of carbonyl (C=O) groups excluding carboxylic acids is 3. The maximum Gasteiger partial charge on any atom is 0.329 e. The highest BCUT2D eigenvalue weighted by molar-refractivity contribution is 5.89. The first-order valence-corrected chi connectivity index (χ1v) is 10.1. The highest BCUT2D eigenvalue weighted by Crippen LogP contribution is 2.32. The topological polar surface area (TPSA) is 84.9 Å². The van der Waals surface area contributed by atoms with Gasteiger partial charge in [0.2, 0.25) is 5.91 Å². The predicted molar refractivity (Wildman–Crippen MR) is 101 cm³/mol. The van der Waals surface area contributed by atoms with Crippen molar-refractivity contribution in [3.05, 3.63) is 0 Å². The lowest BCUT2D eigenvalue weighted by atomic mass is 9.96. The summed E-state index contributed by atoms with van der Waals surface area (Å²) in [5.74, 6) is -0.812. The zero-order valence-corrected chi connectivity index (χ0v) is 17.3. The van der Waals surface area contributed by atoms with Crippen molar-refractivity contribution in [2.45, 2.75) is 96.4 Å². The van der Waals surface area contributed by atoms with Gasteiger partial charge in [-0.25, -0.2) is 4.79 Å². The molecule has 1 saturated carbocycles. The van der Waals surface area contributed by atoms with Gasteiger partial charge in [0.25, 0.3) is 0 Å². The van der Waals surface area contributed by atoms with E-state index in [0.717, 1.165) is 19.3 Å². The minimum atomic E-state index is -0.799. The Morgan fingerprint density at radius 3 is 2.37 bits per heavy atom. The molecule has 0 radical (unpaired) electrons. The molecule has 1 amide bonds. The Kier molecular flexibility index (Phi) is 6.89. The van der Waals surface area contributed by atoms with Crippen molar-refractivity contribution >= 4 is 17.8 Å². The first kappa shape index (κ1) is 21.7. The molecule has 2 atom stereocenters. The third-order valence-electron chi connectivity index (χ3n) is 5.20. The Morgan fingerprint density at radius 1 is 1.19 bits per heavy atom. The zero-order chi connectivity index (χ0) is 20.2. The van der Waals surface area contributed by atoms with E-state index in [4.69, 9.17) is 9.47 Å². The van der Waals surface area contributed by atoms with Crippen LogP contribution in [0.1, 0.15) is 73.1 Å². The third-order valence-corrected chi connectivity index (χ3v) is 5.20. The van der Waals surface area contributed by atoms with E-state index >= 15 is 0 Å². The summed E-state index contributed by atoms with van der Waals surface area (Å²) in [7, 11) is 0. The zero-order valence-electron chi connectivity index (χ0n) is 17.3. The van der Waals surface area contributed by atoms with E-state index in [2.05, 4.69) is 5.32 Å². The van der Waals surface area contributed by atoms with Gasteiger partial charge in [-0.2, -0.15) is 0 Å². The van der Waals surface area contributed by atoms with Crippen molar-refractivity contribution in [3.63, 3.8) is 0 Å². The Morgan fingerprint density at radius 2 is 1.81 bits per heavy atom. The molecular weight excluding hydrogens is 348 g/mol. The number of nitrogens with zero attached hydrogens (tertiary/aromatic N) is 1. The van der Waals surface area contributed by atoms with Crippen LogP contribution in [0.5, 0.6) is 0 Å². The highest BCUT2D eigenvalue weighted by Gasteiger charge is 2.46. The van der Waals surface area contributed by atoms with E-state index in [9.17, 15) is 14.4 Å². The van der Waals surface area contributed by atoms with Crippen LogP contribution in [0, 0.1) is 0 Å². The average Bonchev–Trinajstić information content (AvgIpc) is 3.22. The smallest absolute Gasteiger partial charge is 0.329 e. The maximum absolute atomic E-state index is 13.0. The summed E-state index contributed by atoms with van der Waals surface area (Å²) in [6.07, 6.45) is 4.56. The molecule has 1 aliphatic heterocycles. The van der Waals surface area contributed by atoms with Crippen molar-refractivity contribution < 1.29 is 23.9 Å². The van der Waals surface area contributed by atoms with Crippen LogP contribution in [0.2, 0.25) is 0 Å². The van der Waals surface area contributed by atoms with Crippen LogP contribution in [0.25, 0.3) is 0 Å². The SMILES string of the molecule is CCOC(=O)C1(N[C@@H](C)C(=O)N2CCC[C@H]2C(=O)OC(C)(C)C)CCCC1. The second-order valence-corrected chi connectivity index (χ2v) is 8.60. The van der Waals surface area contributed by atoms with Crippen LogP contribution >= 0.6 is 0 Å². The molecule has 1 aliphatic carbocycles. The van der Waals surface area contributed by atoms with E-state index in [1.807, 2.05) is 20.8 Å². The summed E-state index contributed by atoms with van der Waals surface area (Å²) in [4.78, 5) is 39.6. The van der Waals surface area contributed by atoms with Gasteiger partial charge in [0.15, 0.2) is 0 Å². The second kappa shape index (κ2) is 8.59. The predicted octanol–water partition coefficient (Wildman–Crippen LogP) is 2.17. The lowest BCUT2D eigenvalue weighted by Crippen LogP contribution is -2.59. The Balaban J connectivity index is 2.06. The minimum absolute atomic E-state index is 0.168. The first-order valence-electron chi connectivity index (χ1n) is 10.1. The number of rotatable bonds is 6. The fourth-order valence-corrected chi connectivity index (χ4v) is 4.03. The number of esters is 2. The number of amides is 1. The van der Waals surface area contributed by atoms with Gasteiger partial charge < -0.3 is 14.4 Å². The largest absolute Gasteiger partial charge is 0.465 e. The third kappa shape index (κ3) is 5.21. The van der Waals surface area contributed by atoms with Crippen molar-refractivity contribution in [2.24, 2.45) is 0 Å². The van der Waals surface area contributed by atoms with Gasteiger partial charge in [0, 0.05) is 6.54 Å². The molecule has 0 unspecified atom stereocenters. The molecule has 0 aromatic rings. The van der Waals surface area contributed by atoms with E-state index in [-0.39, 0.29) is 17.8 Å². The van der Waals surface area contributed by atoms with Crippen LogP contribution in [-0.2, 0) is 23.9 Å². The molecule has 1 heterocycles. The Hall–Kier alpha value is -1.63. The van der Waals surface area contributed by atoms with E-state index in [1.165, 1.54) is 0 Å². The molecule has 0 aromatic heterocycles. The summed E-state index contributed by atoms with van der Waals surface area (Å²) in [6, 6.07) is -1.13. The molecule has 7 heteroatoms. The number of ether oxygens (including phenoxy) is 2. The average molecular weight is 383 g/mol. The molecule has 2 rings (SSSR count). The molecule has 0 spiro atoms. The van der Waals surface area contributed by atoms with Crippen molar-refractivity contribution in [1.82, 2.24) is 10.2 Å². The fourth-order valence-electron chi connectivity index (χ4n) is 4.03. The standard InChI is InChI=1S/C20H34N2O5/c1-6-26-18(25)20(11-7-8-12-20)21-14(2)16(23)22-13-9-10-15(22)17(24)27-19(3,4)5/h14-15,21H,6-13H2,1-5H3/t14-,15-/m0/s1. The normalized spacial score (nSPS) is 23.1. The molecule has 1 saturated heterocycles. The molecule has 1 N–H and O–H groups in total. The summed E-state index contributed by atoms with van der Waals surface area (Å²) < 4.78 is 10.7. The molecule has 0 bridgehead atoms. The lowest BCUT2D eigenvalue weighted by molar-refractivity contribution is -0.164. The van der Waals surface area contributed by atoms with Crippen LogP contribution in [0.3, 0.4) is 0 Å². The number of nitrogens with one attached hydrogen (secondary N) is 1. The molecule has 2 aliphatic rings. The van der Waals surface area contributed by atoms with Crippen molar-refractivity contribution in [3.8, 4) is 0 Å². The Labute approximate surface area is 162 Å². The van der Waals surface area contributed by atoms with Gasteiger partial charge in [-0.3, -0.25) is 14.9 Å². The molecule has 0 aromatic carbocycles. The maximum atomic E-state index is 13.0. The molecule has 2 fully saturated rings. The number of likely N-dealkylation sites (tertiary alicyclic amines) is 1. The fraction of sp³-hybridized carbons (Fsp3) is 0.850. The highest BCUT2D eigenvalue weighted by atomic mass is 16.6. The van der Waals surface area contributed by atoms with Gasteiger partial charge in [-0.1, -0.05) is 12.8 Å². The van der Waals surface area contributed by atoms with E-state index in [0.29, 0.717) is 32.4 Å². The summed E-state index contributed by atoms with van der Waals surface area (Å²) in [5, 5.41) is 3.24. The van der Waals surface area contributed by atoms with Gasteiger partial charge in [-0.15, -0.1) is 0 Å². The molecule has 154 valence electrons.